The summed E-state index contributed by atoms with van der Waals surface area (Å²) in [5.74, 6) is -0.641. The maximum absolute atomic E-state index is 12.4. The van der Waals surface area contributed by atoms with Crippen molar-refractivity contribution in [1.82, 2.24) is 20.5 Å². The lowest BCUT2D eigenvalue weighted by Crippen LogP contribution is -2.63. The molecule has 12 heteroatoms. The van der Waals surface area contributed by atoms with Crippen molar-refractivity contribution in [2.45, 2.75) is 51.1 Å². The summed E-state index contributed by atoms with van der Waals surface area (Å²) in [5, 5.41) is 18.5. The molecule has 1 unspecified atom stereocenters. The first-order valence-corrected chi connectivity index (χ1v) is 10.9. The average Bonchev–Trinajstić information content (AvgIpc) is 2.69. The van der Waals surface area contributed by atoms with Gasteiger partial charge in [-0.2, -0.15) is 0 Å². The lowest BCUT2D eigenvalue weighted by atomic mass is 9.98. The van der Waals surface area contributed by atoms with E-state index in [-0.39, 0.29) is 24.9 Å². The second-order valence-electron chi connectivity index (χ2n) is 8.34. The van der Waals surface area contributed by atoms with Crippen molar-refractivity contribution in [3.63, 3.8) is 0 Å². The highest BCUT2D eigenvalue weighted by Crippen LogP contribution is 2.15. The third kappa shape index (κ3) is 8.34. The fraction of sp³-hybridized carbons (Fsp3) is 0.600. The van der Waals surface area contributed by atoms with Crippen molar-refractivity contribution in [2.24, 2.45) is 0 Å². The van der Waals surface area contributed by atoms with E-state index in [4.69, 9.17) is 9.47 Å². The maximum Gasteiger partial charge on any atom is 0.407 e. The summed E-state index contributed by atoms with van der Waals surface area (Å²) in [6, 6.07) is 2.19. The van der Waals surface area contributed by atoms with Crippen molar-refractivity contribution >= 4 is 39.7 Å². The molecule has 4 N–H and O–H groups in total. The first-order chi connectivity index (χ1) is 15.0. The van der Waals surface area contributed by atoms with Crippen LogP contribution in [0, 0.1) is 0 Å². The quantitative estimate of drug-likeness (QED) is 0.391. The number of aromatic nitrogens is 1. The number of aliphatic hydroxyl groups excluding tert-OH is 1. The van der Waals surface area contributed by atoms with Crippen LogP contribution < -0.4 is 16.0 Å². The number of piperidine rings is 1. The number of hydrogen-bond donors (Lipinski definition) is 4. The largest absolute Gasteiger partial charge is 0.444 e. The zero-order chi connectivity index (χ0) is 23.9. The molecule has 11 nitrogen and oxygen atoms in total. The van der Waals surface area contributed by atoms with Crippen LogP contribution in [0.25, 0.3) is 0 Å². The Kier molecular flexibility index (Phi) is 9.37. The van der Waals surface area contributed by atoms with Crippen LogP contribution in [0.1, 0.15) is 27.2 Å². The zero-order valence-electron chi connectivity index (χ0n) is 18.6. The van der Waals surface area contributed by atoms with Crippen LogP contribution in [0.2, 0.25) is 0 Å². The summed E-state index contributed by atoms with van der Waals surface area (Å²) >= 11 is 3.26. The summed E-state index contributed by atoms with van der Waals surface area (Å²) in [7, 11) is 1.43. The van der Waals surface area contributed by atoms with Crippen LogP contribution in [0.3, 0.4) is 0 Å². The van der Waals surface area contributed by atoms with Crippen molar-refractivity contribution in [1.29, 1.82) is 0 Å². The second-order valence-corrected chi connectivity index (χ2v) is 9.26. The topological polar surface area (TPSA) is 142 Å². The molecule has 1 aliphatic heterocycles. The number of carbonyl (C=O) groups excluding carboxylic acids is 3. The van der Waals surface area contributed by atoms with E-state index in [1.807, 2.05) is 0 Å². The van der Waals surface area contributed by atoms with Gasteiger partial charge in [0.15, 0.2) is 6.23 Å². The highest BCUT2D eigenvalue weighted by atomic mass is 79.9. The van der Waals surface area contributed by atoms with Gasteiger partial charge in [0.05, 0.1) is 6.04 Å². The Hall–Kier alpha value is -2.28. The van der Waals surface area contributed by atoms with E-state index in [1.165, 1.54) is 13.3 Å². The average molecular weight is 516 g/mol. The van der Waals surface area contributed by atoms with E-state index in [2.05, 4.69) is 36.9 Å². The lowest BCUT2D eigenvalue weighted by Gasteiger charge is -2.40. The molecule has 32 heavy (non-hydrogen) atoms. The van der Waals surface area contributed by atoms with Crippen molar-refractivity contribution in [2.75, 3.05) is 32.1 Å². The Morgan fingerprint density at radius 2 is 2.03 bits per heavy atom. The van der Waals surface area contributed by atoms with Gasteiger partial charge >= 0.3 is 6.09 Å². The Balaban J connectivity index is 2.04. The number of nitrogens with zero attached hydrogens (tertiary/aromatic N) is 2. The number of methoxy groups -OCH3 is 1. The number of pyridine rings is 1. The Labute approximate surface area is 195 Å². The van der Waals surface area contributed by atoms with E-state index < -0.39 is 35.9 Å². The third-order valence-corrected chi connectivity index (χ3v) is 5.00. The summed E-state index contributed by atoms with van der Waals surface area (Å²) < 4.78 is 11.0. The second kappa shape index (κ2) is 11.5. The highest BCUT2D eigenvalue weighted by Gasteiger charge is 2.35. The third-order valence-electron chi connectivity index (χ3n) is 4.53. The molecule has 0 spiro atoms. The molecule has 1 aromatic rings. The van der Waals surface area contributed by atoms with E-state index in [9.17, 15) is 19.5 Å². The van der Waals surface area contributed by atoms with Gasteiger partial charge in [-0.05, 0) is 55.3 Å². The summed E-state index contributed by atoms with van der Waals surface area (Å²) in [4.78, 5) is 42.5. The SMILES string of the molecule is COCC(=O)N1CC[C@H](NC(O)C(=O)Nc2ccc(Br)cn2)[C@H](NC(=O)OC(C)(C)C)C1. The molecule has 1 aromatic heterocycles. The number of rotatable bonds is 7. The van der Waals surface area contributed by atoms with Gasteiger partial charge in [0, 0.05) is 36.9 Å². The number of halogens is 1. The molecule has 0 radical (unpaired) electrons. The number of aliphatic hydroxyl groups is 1. The number of ether oxygens (including phenoxy) is 2. The minimum Gasteiger partial charge on any atom is -0.444 e. The molecule has 2 heterocycles. The molecule has 178 valence electrons. The van der Waals surface area contributed by atoms with E-state index >= 15 is 0 Å². The Morgan fingerprint density at radius 1 is 1.31 bits per heavy atom. The smallest absolute Gasteiger partial charge is 0.407 e. The van der Waals surface area contributed by atoms with Crippen molar-refractivity contribution in [3.8, 4) is 0 Å². The van der Waals surface area contributed by atoms with Crippen molar-refractivity contribution in [3.05, 3.63) is 22.8 Å². The van der Waals surface area contributed by atoms with Gasteiger partial charge < -0.3 is 30.1 Å². The molecule has 0 saturated carbocycles. The van der Waals surface area contributed by atoms with Crippen LogP contribution in [0.4, 0.5) is 10.6 Å². The summed E-state index contributed by atoms with van der Waals surface area (Å²) in [5.41, 5.74) is -0.704. The fourth-order valence-corrected chi connectivity index (χ4v) is 3.36. The molecule has 3 amide bonds. The number of alkyl carbamates (subject to hydrolysis) is 1. The van der Waals surface area contributed by atoms with Crippen LogP contribution in [0.5, 0.6) is 0 Å². The molecule has 1 aliphatic rings. The predicted molar refractivity (Wildman–Crippen MR) is 120 cm³/mol. The normalized spacial score (nSPS) is 19.8. The molecule has 2 rings (SSSR count). The minimum atomic E-state index is -1.56. The molecular weight excluding hydrogens is 486 g/mol. The summed E-state index contributed by atoms with van der Waals surface area (Å²) in [6.45, 7) is 5.67. The number of hydrogen-bond acceptors (Lipinski definition) is 8. The van der Waals surface area contributed by atoms with E-state index in [1.54, 1.807) is 37.8 Å². The molecular formula is C20H30BrN5O6. The number of carbonyl (C=O) groups is 3. The van der Waals surface area contributed by atoms with Gasteiger partial charge in [-0.3, -0.25) is 14.9 Å². The van der Waals surface area contributed by atoms with Crippen LogP contribution >= 0.6 is 15.9 Å². The van der Waals surface area contributed by atoms with Crippen LogP contribution in [-0.4, -0.2) is 83.6 Å². The maximum atomic E-state index is 12.4. The first-order valence-electron chi connectivity index (χ1n) is 10.1. The van der Waals surface area contributed by atoms with Gasteiger partial charge in [-0.25, -0.2) is 9.78 Å². The minimum absolute atomic E-state index is 0.0809. The molecule has 0 aromatic carbocycles. The lowest BCUT2D eigenvalue weighted by molar-refractivity contribution is -0.137. The van der Waals surface area contributed by atoms with Gasteiger partial charge in [0.2, 0.25) is 5.91 Å². The standard InChI is InChI=1S/C20H30BrN5O6/c1-20(2,3)32-19(30)24-14-10-26(16(27)11-31-4)8-7-13(14)23-17(28)18(29)25-15-6-5-12(21)9-22-15/h5-6,9,13-14,17,23,28H,7-8,10-11H2,1-4H3,(H,24,30)(H,22,25,29)/t13-,14+,17?/m0/s1. The highest BCUT2D eigenvalue weighted by molar-refractivity contribution is 9.10. The number of nitrogens with one attached hydrogen (secondary N) is 3. The molecule has 3 atom stereocenters. The number of amides is 3. The Bertz CT molecular complexity index is 801. The molecule has 1 saturated heterocycles. The number of likely N-dealkylation sites (tertiary alicyclic amines) is 1. The molecule has 0 bridgehead atoms. The fourth-order valence-electron chi connectivity index (χ4n) is 3.12. The van der Waals surface area contributed by atoms with Gasteiger partial charge in [0.25, 0.3) is 5.91 Å². The monoisotopic (exact) mass is 515 g/mol. The zero-order valence-corrected chi connectivity index (χ0v) is 20.1. The molecule has 0 aliphatic carbocycles. The van der Waals surface area contributed by atoms with E-state index in [0.717, 1.165) is 4.47 Å². The predicted octanol–water partition coefficient (Wildman–Crippen LogP) is 0.831. The van der Waals surface area contributed by atoms with Crippen molar-refractivity contribution < 1.29 is 29.0 Å². The van der Waals surface area contributed by atoms with Crippen LogP contribution in [0.15, 0.2) is 22.8 Å². The van der Waals surface area contributed by atoms with Gasteiger partial charge in [-0.15, -0.1) is 0 Å². The summed E-state index contributed by atoms with van der Waals surface area (Å²) in [6.07, 6.45) is -0.317. The van der Waals surface area contributed by atoms with Gasteiger partial charge in [0.1, 0.15) is 18.0 Å². The first kappa shape index (κ1) is 26.0. The Morgan fingerprint density at radius 3 is 2.62 bits per heavy atom. The number of anilines is 1. The molecule has 1 fully saturated rings. The van der Waals surface area contributed by atoms with Crippen LogP contribution in [-0.2, 0) is 19.1 Å². The van der Waals surface area contributed by atoms with E-state index in [0.29, 0.717) is 13.0 Å². The van der Waals surface area contributed by atoms with Gasteiger partial charge in [-0.1, -0.05) is 0 Å².